The third kappa shape index (κ3) is 0.745. The van der Waals surface area contributed by atoms with E-state index >= 15 is 0 Å². The molecule has 2 bridgehead atoms. The summed E-state index contributed by atoms with van der Waals surface area (Å²) in [5.74, 6) is 0.461. The zero-order chi connectivity index (χ0) is 11.0. The first kappa shape index (κ1) is 9.25. The smallest absolute Gasteiger partial charge is 0.267 e. The highest BCUT2D eigenvalue weighted by Gasteiger charge is 2.62. The average Bonchev–Trinajstić information content (AvgIpc) is 2.59. The van der Waals surface area contributed by atoms with Crippen LogP contribution >= 0.6 is 0 Å². The highest BCUT2D eigenvalue weighted by atomic mass is 16.1. The number of aromatic amines is 1. The Balaban J connectivity index is 2.40. The summed E-state index contributed by atoms with van der Waals surface area (Å²) in [4.78, 5) is 11.9. The summed E-state index contributed by atoms with van der Waals surface area (Å²) in [6, 6.07) is 0. The van der Waals surface area contributed by atoms with E-state index in [0.29, 0.717) is 5.92 Å². The van der Waals surface area contributed by atoms with Gasteiger partial charge in [0.2, 0.25) is 0 Å². The minimum Gasteiger partial charge on any atom is -0.291 e. The van der Waals surface area contributed by atoms with Gasteiger partial charge in [-0.25, -0.2) is 0 Å². The SMILES string of the molecule is Cn1[nH]c(=O)c2c1[C@@]1(C)CCC2C1(C)C. The lowest BCUT2D eigenvalue weighted by atomic mass is 9.70. The molecule has 2 aliphatic carbocycles. The van der Waals surface area contributed by atoms with Gasteiger partial charge >= 0.3 is 0 Å². The number of hydrogen-bond acceptors (Lipinski definition) is 1. The van der Waals surface area contributed by atoms with Crippen LogP contribution < -0.4 is 5.56 Å². The van der Waals surface area contributed by atoms with Crippen LogP contribution in [0.15, 0.2) is 4.79 Å². The normalized spacial score (nSPS) is 35.9. The number of H-pyrrole nitrogens is 1. The van der Waals surface area contributed by atoms with Gasteiger partial charge < -0.3 is 0 Å². The third-order valence-corrected chi connectivity index (χ3v) is 5.20. The molecule has 1 aromatic rings. The van der Waals surface area contributed by atoms with Gasteiger partial charge in [-0.15, -0.1) is 0 Å². The molecule has 0 saturated heterocycles. The Morgan fingerprint density at radius 3 is 2.67 bits per heavy atom. The molecule has 1 N–H and O–H groups in total. The largest absolute Gasteiger partial charge is 0.291 e. The molecular formula is C12H18N2O. The van der Waals surface area contributed by atoms with Gasteiger partial charge in [-0.1, -0.05) is 20.8 Å². The molecule has 0 radical (unpaired) electrons. The van der Waals surface area contributed by atoms with Gasteiger partial charge in [-0.2, -0.15) is 0 Å². The second-order valence-electron chi connectivity index (χ2n) is 5.91. The molecule has 0 spiro atoms. The van der Waals surface area contributed by atoms with Crippen molar-refractivity contribution in [2.24, 2.45) is 12.5 Å². The third-order valence-electron chi connectivity index (χ3n) is 5.20. The van der Waals surface area contributed by atoms with Crippen molar-refractivity contribution in [3.8, 4) is 0 Å². The number of nitrogens with zero attached hydrogens (tertiary/aromatic N) is 1. The van der Waals surface area contributed by atoms with Gasteiger partial charge in [0.05, 0.1) is 0 Å². The van der Waals surface area contributed by atoms with Crippen molar-refractivity contribution < 1.29 is 0 Å². The second kappa shape index (κ2) is 2.23. The fraction of sp³-hybridized carbons (Fsp3) is 0.750. The van der Waals surface area contributed by atoms with Gasteiger partial charge in [-0.05, 0) is 24.2 Å². The summed E-state index contributed by atoms with van der Waals surface area (Å²) in [5, 5.41) is 2.90. The molecule has 82 valence electrons. The molecule has 2 aliphatic rings. The van der Waals surface area contributed by atoms with Crippen LogP contribution in [0, 0.1) is 5.41 Å². The van der Waals surface area contributed by atoms with Crippen molar-refractivity contribution in [2.75, 3.05) is 0 Å². The van der Waals surface area contributed by atoms with E-state index in [4.69, 9.17) is 0 Å². The van der Waals surface area contributed by atoms with E-state index in [2.05, 4.69) is 25.9 Å². The lowest BCUT2D eigenvalue weighted by molar-refractivity contribution is 0.219. The fourth-order valence-electron chi connectivity index (χ4n) is 3.98. The van der Waals surface area contributed by atoms with Gasteiger partial charge in [0.25, 0.3) is 5.56 Å². The van der Waals surface area contributed by atoms with Gasteiger partial charge in [-0.3, -0.25) is 14.6 Å². The average molecular weight is 206 g/mol. The molecule has 3 nitrogen and oxygen atoms in total. The maximum absolute atomic E-state index is 11.9. The van der Waals surface area contributed by atoms with Gasteiger partial charge in [0, 0.05) is 23.7 Å². The first-order chi connectivity index (χ1) is 6.89. The lowest BCUT2D eigenvalue weighted by Gasteiger charge is -2.35. The predicted molar refractivity (Wildman–Crippen MR) is 59.1 cm³/mol. The van der Waals surface area contributed by atoms with Crippen LogP contribution in [0.1, 0.15) is 50.8 Å². The van der Waals surface area contributed by atoms with Crippen LogP contribution in [0.4, 0.5) is 0 Å². The van der Waals surface area contributed by atoms with Crippen molar-refractivity contribution in [1.29, 1.82) is 0 Å². The highest BCUT2D eigenvalue weighted by Crippen LogP contribution is 2.66. The predicted octanol–water partition coefficient (Wildman–Crippen LogP) is 1.89. The first-order valence-electron chi connectivity index (χ1n) is 5.69. The highest BCUT2D eigenvalue weighted by molar-refractivity contribution is 5.44. The summed E-state index contributed by atoms with van der Waals surface area (Å²) >= 11 is 0. The van der Waals surface area contributed by atoms with Crippen molar-refractivity contribution in [2.45, 2.75) is 44.9 Å². The fourth-order valence-corrected chi connectivity index (χ4v) is 3.98. The van der Waals surface area contributed by atoms with E-state index in [1.807, 2.05) is 11.7 Å². The molecule has 0 amide bonds. The Bertz CT molecular complexity index is 494. The quantitative estimate of drug-likeness (QED) is 0.691. The van der Waals surface area contributed by atoms with Crippen LogP contribution in [-0.2, 0) is 12.5 Å². The van der Waals surface area contributed by atoms with E-state index < -0.39 is 0 Å². The number of aryl methyl sites for hydroxylation is 1. The summed E-state index contributed by atoms with van der Waals surface area (Å²) in [5.41, 5.74) is 2.88. The Hall–Kier alpha value is -0.990. The van der Waals surface area contributed by atoms with Gasteiger partial charge in [0.1, 0.15) is 0 Å². The molecular weight excluding hydrogens is 188 g/mol. The number of hydrogen-bond donors (Lipinski definition) is 1. The topological polar surface area (TPSA) is 37.8 Å². The standard InChI is InChI=1S/C12H18N2O/c1-11(2)7-5-6-12(11,3)9-8(7)10(15)13-14(9)4/h7H,5-6H2,1-4H3,(H,13,15)/t7?,12-/m1/s1. The molecule has 3 rings (SSSR count). The molecule has 1 unspecified atom stereocenters. The molecule has 1 heterocycles. The van der Waals surface area contributed by atoms with Crippen molar-refractivity contribution in [3.05, 3.63) is 21.6 Å². The van der Waals surface area contributed by atoms with Crippen molar-refractivity contribution >= 4 is 0 Å². The molecule has 3 heteroatoms. The van der Waals surface area contributed by atoms with Crippen LogP contribution in [0.5, 0.6) is 0 Å². The molecule has 1 fully saturated rings. The zero-order valence-electron chi connectivity index (χ0n) is 9.85. The van der Waals surface area contributed by atoms with E-state index in [0.717, 1.165) is 5.56 Å². The number of aromatic nitrogens is 2. The Morgan fingerprint density at radius 2 is 2.07 bits per heavy atom. The summed E-state index contributed by atoms with van der Waals surface area (Å²) in [6.45, 7) is 6.93. The summed E-state index contributed by atoms with van der Waals surface area (Å²) in [7, 11) is 1.96. The Morgan fingerprint density at radius 1 is 1.40 bits per heavy atom. The molecule has 1 saturated carbocycles. The van der Waals surface area contributed by atoms with Gasteiger partial charge in [0.15, 0.2) is 0 Å². The minimum atomic E-state index is 0.133. The first-order valence-corrected chi connectivity index (χ1v) is 5.69. The second-order valence-corrected chi connectivity index (χ2v) is 5.91. The van der Waals surface area contributed by atoms with E-state index in [9.17, 15) is 4.79 Å². The number of fused-ring (bicyclic) bond motifs is 5. The molecule has 1 aromatic heterocycles. The zero-order valence-corrected chi connectivity index (χ0v) is 9.85. The summed E-state index contributed by atoms with van der Waals surface area (Å²) in [6.07, 6.45) is 2.38. The van der Waals surface area contributed by atoms with E-state index in [1.54, 1.807) is 0 Å². The maximum Gasteiger partial charge on any atom is 0.267 e. The lowest BCUT2D eigenvalue weighted by Crippen LogP contribution is -2.33. The van der Waals surface area contributed by atoms with Crippen molar-refractivity contribution in [1.82, 2.24) is 9.78 Å². The molecule has 0 aromatic carbocycles. The van der Waals surface area contributed by atoms with Crippen molar-refractivity contribution in [3.63, 3.8) is 0 Å². The maximum atomic E-state index is 11.9. The molecule has 2 atom stereocenters. The summed E-state index contributed by atoms with van der Waals surface area (Å²) < 4.78 is 1.94. The molecule has 15 heavy (non-hydrogen) atoms. The monoisotopic (exact) mass is 206 g/mol. The number of nitrogens with one attached hydrogen (secondary N) is 1. The Kier molecular flexibility index (Phi) is 1.38. The molecule has 0 aliphatic heterocycles. The van der Waals surface area contributed by atoms with E-state index in [1.165, 1.54) is 18.5 Å². The number of rotatable bonds is 0. The van der Waals surface area contributed by atoms with Crippen LogP contribution in [0.25, 0.3) is 0 Å². The van der Waals surface area contributed by atoms with Crippen LogP contribution in [-0.4, -0.2) is 9.78 Å². The van der Waals surface area contributed by atoms with Crippen LogP contribution in [0.2, 0.25) is 0 Å². The Labute approximate surface area is 89.5 Å². The van der Waals surface area contributed by atoms with E-state index in [-0.39, 0.29) is 16.4 Å². The van der Waals surface area contributed by atoms with Crippen LogP contribution in [0.3, 0.4) is 0 Å². The minimum absolute atomic E-state index is 0.133.